The van der Waals surface area contributed by atoms with Gasteiger partial charge in [0.05, 0.1) is 18.8 Å². The molecule has 2 atom stereocenters. The molecule has 0 bridgehead atoms. The number of carbonyl (C=O) groups is 2. The molecule has 2 heterocycles. The number of likely N-dealkylation sites (tertiary alicyclic amines) is 1. The number of amides is 2. The smallest absolute Gasteiger partial charge is 0.407 e. The van der Waals surface area contributed by atoms with Crippen molar-refractivity contribution in [3.8, 4) is 11.3 Å². The number of aryl methyl sites for hydroxylation is 2. The molecule has 1 aromatic heterocycles. The lowest BCUT2D eigenvalue weighted by molar-refractivity contribution is -0.135. The summed E-state index contributed by atoms with van der Waals surface area (Å²) in [6, 6.07) is 5.62. The summed E-state index contributed by atoms with van der Waals surface area (Å²) < 4.78 is 5.80. The quantitative estimate of drug-likeness (QED) is 0.668. The van der Waals surface area contributed by atoms with Crippen molar-refractivity contribution in [3.05, 3.63) is 39.8 Å². The Morgan fingerprint density at radius 3 is 2.84 bits per heavy atom. The lowest BCUT2D eigenvalue weighted by Gasteiger charge is -2.30. The number of nitrogens with zero attached hydrogens (tertiary/aromatic N) is 2. The number of fused-ring (bicyclic) bond motifs is 3. The van der Waals surface area contributed by atoms with E-state index in [9.17, 15) is 9.59 Å². The predicted octanol–water partition coefficient (Wildman–Crippen LogP) is 4.37. The highest BCUT2D eigenvalue weighted by Crippen LogP contribution is 2.37. The number of aromatic nitrogens is 2. The molecule has 0 spiro atoms. The minimum Gasteiger partial charge on any atom is -0.453 e. The van der Waals surface area contributed by atoms with Gasteiger partial charge in [-0.05, 0) is 55.7 Å². The van der Waals surface area contributed by atoms with Gasteiger partial charge in [0.25, 0.3) is 0 Å². The van der Waals surface area contributed by atoms with Crippen LogP contribution in [0.5, 0.6) is 0 Å². The molecule has 1 fully saturated rings. The number of hydrogen-bond acceptors (Lipinski definition) is 4. The van der Waals surface area contributed by atoms with E-state index in [0.717, 1.165) is 53.8 Å². The van der Waals surface area contributed by atoms with Crippen LogP contribution in [0.15, 0.2) is 22.7 Å². The van der Waals surface area contributed by atoms with E-state index in [1.54, 1.807) is 0 Å². The molecule has 31 heavy (non-hydrogen) atoms. The molecular weight excluding hydrogens is 460 g/mol. The van der Waals surface area contributed by atoms with Gasteiger partial charge in [0.1, 0.15) is 11.9 Å². The first-order chi connectivity index (χ1) is 14.9. The molecule has 2 amide bonds. The highest BCUT2D eigenvalue weighted by atomic mass is 79.9. The average molecular weight is 489 g/mol. The Balaban J connectivity index is 1.63. The van der Waals surface area contributed by atoms with Crippen molar-refractivity contribution in [1.29, 1.82) is 0 Å². The summed E-state index contributed by atoms with van der Waals surface area (Å²) >= 11 is 3.57. The number of methoxy groups -OCH3 is 1. The van der Waals surface area contributed by atoms with Crippen LogP contribution in [-0.2, 0) is 22.4 Å². The Hall–Kier alpha value is -2.35. The van der Waals surface area contributed by atoms with Crippen molar-refractivity contribution in [2.45, 2.75) is 58.0 Å². The first-order valence-corrected chi connectivity index (χ1v) is 11.7. The van der Waals surface area contributed by atoms with Gasteiger partial charge in [0.15, 0.2) is 0 Å². The Kier molecular flexibility index (Phi) is 6.36. The number of nitrogens with one attached hydrogen (secondary N) is 2. The van der Waals surface area contributed by atoms with Crippen molar-refractivity contribution < 1.29 is 14.3 Å². The van der Waals surface area contributed by atoms with E-state index in [2.05, 4.69) is 44.4 Å². The van der Waals surface area contributed by atoms with Crippen molar-refractivity contribution >= 4 is 27.9 Å². The Bertz CT molecular complexity index is 987. The second-order valence-corrected chi connectivity index (χ2v) is 9.57. The van der Waals surface area contributed by atoms with E-state index in [0.29, 0.717) is 6.54 Å². The molecule has 4 rings (SSSR count). The van der Waals surface area contributed by atoms with Gasteiger partial charge < -0.3 is 19.9 Å². The molecule has 0 saturated carbocycles. The third-order valence-electron chi connectivity index (χ3n) is 6.24. The number of halogens is 1. The van der Waals surface area contributed by atoms with Gasteiger partial charge in [0, 0.05) is 22.3 Å². The van der Waals surface area contributed by atoms with Gasteiger partial charge >= 0.3 is 6.09 Å². The first-order valence-electron chi connectivity index (χ1n) is 10.9. The molecule has 8 heteroatoms. The number of aromatic amines is 1. The maximum Gasteiger partial charge on any atom is 0.407 e. The van der Waals surface area contributed by atoms with E-state index >= 15 is 0 Å². The maximum absolute atomic E-state index is 13.4. The zero-order chi connectivity index (χ0) is 22.1. The molecule has 1 aromatic carbocycles. The fourth-order valence-electron chi connectivity index (χ4n) is 4.64. The lowest BCUT2D eigenvalue weighted by Crippen LogP contribution is -2.51. The standard InChI is InChI=1S/C23H29BrN4O3/c1-13(2)19(27-23(30)31-3)22(29)28-11-5-8-18(28)21-25-17-7-4-6-14-12-15(24)9-10-16(14)20(17)26-21/h9-10,12-13,18-19H,4-8,11H2,1-3H3,(H,25,26)(H,27,30). The van der Waals surface area contributed by atoms with Crippen molar-refractivity contribution in [2.24, 2.45) is 5.92 Å². The van der Waals surface area contributed by atoms with E-state index < -0.39 is 12.1 Å². The molecule has 1 aliphatic heterocycles. The zero-order valence-electron chi connectivity index (χ0n) is 18.2. The van der Waals surface area contributed by atoms with Crippen LogP contribution < -0.4 is 5.32 Å². The van der Waals surface area contributed by atoms with Gasteiger partial charge in [-0.25, -0.2) is 9.78 Å². The van der Waals surface area contributed by atoms with E-state index in [-0.39, 0.29) is 17.9 Å². The van der Waals surface area contributed by atoms with Crippen LogP contribution in [-0.4, -0.2) is 46.6 Å². The van der Waals surface area contributed by atoms with Gasteiger partial charge in [-0.15, -0.1) is 0 Å². The fraction of sp³-hybridized carbons (Fsp3) is 0.522. The van der Waals surface area contributed by atoms with Gasteiger partial charge in [0.2, 0.25) is 5.91 Å². The minimum absolute atomic E-state index is 0.0495. The third-order valence-corrected chi connectivity index (χ3v) is 6.73. The number of ether oxygens (including phenoxy) is 1. The topological polar surface area (TPSA) is 87.3 Å². The Labute approximate surface area is 191 Å². The van der Waals surface area contributed by atoms with E-state index in [1.165, 1.54) is 18.2 Å². The molecule has 2 unspecified atom stereocenters. The fourth-order valence-corrected chi connectivity index (χ4v) is 5.05. The highest BCUT2D eigenvalue weighted by molar-refractivity contribution is 9.10. The van der Waals surface area contributed by atoms with Crippen LogP contribution in [0.3, 0.4) is 0 Å². The second kappa shape index (κ2) is 9.02. The Morgan fingerprint density at radius 2 is 2.10 bits per heavy atom. The predicted molar refractivity (Wildman–Crippen MR) is 122 cm³/mol. The van der Waals surface area contributed by atoms with Crippen LogP contribution >= 0.6 is 15.9 Å². The molecule has 2 aromatic rings. The summed E-state index contributed by atoms with van der Waals surface area (Å²) in [6.07, 6.45) is 4.20. The largest absolute Gasteiger partial charge is 0.453 e. The number of carbonyl (C=O) groups excluding carboxylic acids is 2. The average Bonchev–Trinajstić information content (AvgIpc) is 3.35. The van der Waals surface area contributed by atoms with Crippen LogP contribution in [0, 0.1) is 5.92 Å². The van der Waals surface area contributed by atoms with Crippen LogP contribution in [0.25, 0.3) is 11.3 Å². The van der Waals surface area contributed by atoms with Crippen molar-refractivity contribution in [2.75, 3.05) is 13.7 Å². The molecule has 0 radical (unpaired) electrons. The van der Waals surface area contributed by atoms with Gasteiger partial charge in [-0.3, -0.25) is 4.79 Å². The lowest BCUT2D eigenvalue weighted by atomic mass is 10.0. The molecule has 1 aliphatic carbocycles. The summed E-state index contributed by atoms with van der Waals surface area (Å²) in [4.78, 5) is 35.6. The Morgan fingerprint density at radius 1 is 1.29 bits per heavy atom. The summed E-state index contributed by atoms with van der Waals surface area (Å²) in [5, 5.41) is 2.70. The summed E-state index contributed by atoms with van der Waals surface area (Å²) in [5.41, 5.74) is 4.61. The van der Waals surface area contributed by atoms with Crippen LogP contribution in [0.2, 0.25) is 0 Å². The summed E-state index contributed by atoms with van der Waals surface area (Å²) in [6.45, 7) is 4.51. The SMILES string of the molecule is COC(=O)NC(C(=O)N1CCCC1c1nc2c([nH]1)CCCc1cc(Br)ccc1-2)C(C)C. The molecule has 2 N–H and O–H groups in total. The maximum atomic E-state index is 13.4. The van der Waals surface area contributed by atoms with Gasteiger partial charge in [-0.2, -0.15) is 0 Å². The molecular formula is C23H29BrN4O3. The number of rotatable bonds is 4. The van der Waals surface area contributed by atoms with Crippen LogP contribution in [0.1, 0.15) is 56.2 Å². The molecule has 1 saturated heterocycles. The van der Waals surface area contributed by atoms with Gasteiger partial charge in [-0.1, -0.05) is 35.8 Å². The molecule has 166 valence electrons. The first kappa shape index (κ1) is 21.9. The minimum atomic E-state index is -0.626. The second-order valence-electron chi connectivity index (χ2n) is 8.65. The summed E-state index contributed by atoms with van der Waals surface area (Å²) in [5.74, 6) is 0.706. The van der Waals surface area contributed by atoms with Crippen LogP contribution in [0.4, 0.5) is 4.79 Å². The molecule has 2 aliphatic rings. The monoisotopic (exact) mass is 488 g/mol. The molecule has 7 nitrogen and oxygen atoms in total. The van der Waals surface area contributed by atoms with E-state index in [4.69, 9.17) is 9.72 Å². The summed E-state index contributed by atoms with van der Waals surface area (Å²) in [7, 11) is 1.31. The zero-order valence-corrected chi connectivity index (χ0v) is 19.8. The number of imidazole rings is 1. The number of hydrogen-bond donors (Lipinski definition) is 2. The number of H-pyrrole nitrogens is 1. The number of alkyl carbamates (subject to hydrolysis) is 1. The third kappa shape index (κ3) is 4.35. The van der Waals surface area contributed by atoms with E-state index in [1.807, 2.05) is 18.7 Å². The van der Waals surface area contributed by atoms with Crippen molar-refractivity contribution in [1.82, 2.24) is 20.2 Å². The van der Waals surface area contributed by atoms with Crippen molar-refractivity contribution in [3.63, 3.8) is 0 Å². The number of benzene rings is 1. The normalized spacial score (nSPS) is 18.9. The highest BCUT2D eigenvalue weighted by Gasteiger charge is 2.38.